The first-order valence-corrected chi connectivity index (χ1v) is 11.3. The number of carbonyl (C=O) groups excluding carboxylic acids is 1. The molecule has 156 valence electrons. The molecule has 1 aliphatic rings. The molecule has 1 aromatic carbocycles. The molecule has 2 heterocycles. The first kappa shape index (κ1) is 21.8. The maximum absolute atomic E-state index is 13.1. The van der Waals surface area contributed by atoms with Crippen molar-refractivity contribution in [2.24, 2.45) is 0 Å². The van der Waals surface area contributed by atoms with Crippen LogP contribution in [-0.2, 0) is 10.0 Å². The van der Waals surface area contributed by atoms with Crippen LogP contribution in [-0.4, -0.2) is 43.8 Å². The summed E-state index contributed by atoms with van der Waals surface area (Å²) in [7, 11) is -2.26. The number of sulfonamides is 1. The number of nitrogens with one attached hydrogen (secondary N) is 1. The number of benzene rings is 1. The van der Waals surface area contributed by atoms with Gasteiger partial charge in [-0.15, -0.1) is 0 Å². The normalized spacial score (nSPS) is 15.6. The summed E-state index contributed by atoms with van der Waals surface area (Å²) in [6.45, 7) is 0.968. The summed E-state index contributed by atoms with van der Waals surface area (Å²) in [6, 6.07) is 7.29. The van der Waals surface area contributed by atoms with E-state index >= 15 is 0 Å². The molecule has 1 aliphatic heterocycles. The van der Waals surface area contributed by atoms with Crippen molar-refractivity contribution in [3.63, 3.8) is 0 Å². The minimum atomic E-state index is -3.68. The van der Waals surface area contributed by atoms with Crippen LogP contribution in [0.15, 0.2) is 35.2 Å². The van der Waals surface area contributed by atoms with Crippen LogP contribution in [0.5, 0.6) is 5.75 Å². The molecule has 0 spiro atoms. The number of methoxy groups -OCH3 is 1. The highest BCUT2D eigenvalue weighted by Crippen LogP contribution is 2.30. The van der Waals surface area contributed by atoms with E-state index in [-0.39, 0.29) is 26.5 Å². The van der Waals surface area contributed by atoms with Crippen molar-refractivity contribution in [3.8, 4) is 5.75 Å². The Kier molecular flexibility index (Phi) is 7.00. The van der Waals surface area contributed by atoms with Gasteiger partial charge in [-0.25, -0.2) is 13.4 Å². The average molecular weight is 458 g/mol. The number of halogens is 2. The van der Waals surface area contributed by atoms with Gasteiger partial charge in [0.25, 0.3) is 5.91 Å². The number of amides is 1. The van der Waals surface area contributed by atoms with Crippen molar-refractivity contribution in [2.75, 3.05) is 25.5 Å². The molecule has 7 nitrogen and oxygen atoms in total. The molecule has 0 atom stereocenters. The molecular formula is C19H21Cl2N3O4S. The summed E-state index contributed by atoms with van der Waals surface area (Å²) in [5.41, 5.74) is 0.133. The third kappa shape index (κ3) is 5.01. The van der Waals surface area contributed by atoms with E-state index in [0.717, 1.165) is 25.7 Å². The van der Waals surface area contributed by atoms with Gasteiger partial charge >= 0.3 is 0 Å². The van der Waals surface area contributed by atoms with E-state index in [1.54, 1.807) is 0 Å². The van der Waals surface area contributed by atoms with Gasteiger partial charge < -0.3 is 10.1 Å². The number of pyridine rings is 1. The number of ether oxygens (including phenoxy) is 1. The lowest BCUT2D eigenvalue weighted by atomic mass is 10.2. The summed E-state index contributed by atoms with van der Waals surface area (Å²) in [5, 5.41) is 2.86. The number of nitrogens with zero attached hydrogens (tertiary/aromatic N) is 2. The van der Waals surface area contributed by atoms with E-state index < -0.39 is 15.9 Å². The maximum atomic E-state index is 13.1. The van der Waals surface area contributed by atoms with E-state index in [9.17, 15) is 13.2 Å². The number of aromatic nitrogens is 1. The molecule has 1 amide bonds. The molecule has 0 unspecified atom stereocenters. The molecule has 1 fully saturated rings. The topological polar surface area (TPSA) is 88.6 Å². The molecular weight excluding hydrogens is 437 g/mol. The van der Waals surface area contributed by atoms with Gasteiger partial charge in [-0.1, -0.05) is 36.0 Å². The van der Waals surface area contributed by atoms with E-state index in [0.29, 0.717) is 18.8 Å². The highest BCUT2D eigenvalue weighted by Gasteiger charge is 2.26. The van der Waals surface area contributed by atoms with Gasteiger partial charge in [-0.05, 0) is 43.2 Å². The van der Waals surface area contributed by atoms with Crippen LogP contribution in [0.3, 0.4) is 0 Å². The lowest BCUT2D eigenvalue weighted by Gasteiger charge is -2.21. The van der Waals surface area contributed by atoms with Crippen LogP contribution >= 0.6 is 23.2 Å². The highest BCUT2D eigenvalue weighted by atomic mass is 35.5. The van der Waals surface area contributed by atoms with Crippen LogP contribution in [0, 0.1) is 0 Å². The number of rotatable bonds is 5. The second-order valence-electron chi connectivity index (χ2n) is 6.60. The predicted octanol–water partition coefficient (Wildman–Crippen LogP) is 4.21. The maximum Gasteiger partial charge on any atom is 0.275 e. The predicted molar refractivity (Wildman–Crippen MR) is 112 cm³/mol. The first-order valence-electron chi connectivity index (χ1n) is 9.14. The Bertz CT molecular complexity index is 1010. The second kappa shape index (κ2) is 9.30. The molecule has 0 saturated carbocycles. The summed E-state index contributed by atoms with van der Waals surface area (Å²) >= 11 is 11.9. The van der Waals surface area contributed by atoms with Crippen LogP contribution in [0.25, 0.3) is 0 Å². The lowest BCUT2D eigenvalue weighted by Crippen LogP contribution is -2.32. The van der Waals surface area contributed by atoms with Crippen molar-refractivity contribution in [1.82, 2.24) is 9.29 Å². The van der Waals surface area contributed by atoms with E-state index in [2.05, 4.69) is 10.3 Å². The minimum absolute atomic E-state index is 0.0676. The fourth-order valence-electron chi connectivity index (χ4n) is 3.14. The van der Waals surface area contributed by atoms with Crippen molar-refractivity contribution in [3.05, 3.63) is 46.2 Å². The van der Waals surface area contributed by atoms with Gasteiger partial charge in [0, 0.05) is 13.1 Å². The molecule has 0 radical (unpaired) electrons. The van der Waals surface area contributed by atoms with Gasteiger partial charge in [-0.3, -0.25) is 4.79 Å². The van der Waals surface area contributed by atoms with Gasteiger partial charge in [0.15, 0.2) is 0 Å². The number of hydrogen-bond donors (Lipinski definition) is 1. The lowest BCUT2D eigenvalue weighted by molar-refractivity contribution is 0.102. The van der Waals surface area contributed by atoms with Crippen molar-refractivity contribution < 1.29 is 17.9 Å². The van der Waals surface area contributed by atoms with Crippen LogP contribution in [0.2, 0.25) is 10.2 Å². The van der Waals surface area contributed by atoms with Crippen LogP contribution < -0.4 is 10.1 Å². The summed E-state index contributed by atoms with van der Waals surface area (Å²) < 4.78 is 32.9. The van der Waals surface area contributed by atoms with E-state index in [1.165, 1.54) is 41.7 Å². The summed E-state index contributed by atoms with van der Waals surface area (Å²) in [4.78, 5) is 16.6. The largest absolute Gasteiger partial charge is 0.495 e. The van der Waals surface area contributed by atoms with Crippen LogP contribution in [0.1, 0.15) is 36.2 Å². The molecule has 0 aliphatic carbocycles. The highest BCUT2D eigenvalue weighted by molar-refractivity contribution is 7.89. The third-order valence-electron chi connectivity index (χ3n) is 4.65. The zero-order valence-corrected chi connectivity index (χ0v) is 18.1. The number of anilines is 1. The quantitative estimate of drug-likeness (QED) is 0.678. The average Bonchev–Trinajstić information content (AvgIpc) is 2.99. The molecule has 10 heteroatoms. The van der Waals surface area contributed by atoms with Crippen molar-refractivity contribution in [1.29, 1.82) is 0 Å². The Hall–Kier alpha value is -1.87. The summed E-state index contributed by atoms with van der Waals surface area (Å²) in [6.07, 6.45) is 3.70. The third-order valence-corrected chi connectivity index (χ3v) is 7.06. The molecule has 1 aromatic heterocycles. The Morgan fingerprint density at radius 2 is 1.79 bits per heavy atom. The zero-order valence-electron chi connectivity index (χ0n) is 15.8. The molecule has 3 rings (SSSR count). The van der Waals surface area contributed by atoms with E-state index in [1.807, 2.05) is 0 Å². The Morgan fingerprint density at radius 1 is 1.10 bits per heavy atom. The molecule has 0 bridgehead atoms. The first-order chi connectivity index (χ1) is 13.8. The van der Waals surface area contributed by atoms with E-state index in [4.69, 9.17) is 27.9 Å². The summed E-state index contributed by atoms with van der Waals surface area (Å²) in [5.74, 6) is -0.313. The molecule has 29 heavy (non-hydrogen) atoms. The number of hydrogen-bond acceptors (Lipinski definition) is 5. The molecule has 1 N–H and O–H groups in total. The van der Waals surface area contributed by atoms with Crippen molar-refractivity contribution in [2.45, 2.75) is 30.6 Å². The van der Waals surface area contributed by atoms with Crippen molar-refractivity contribution >= 4 is 44.8 Å². The Labute approximate surface area is 180 Å². The van der Waals surface area contributed by atoms with Gasteiger partial charge in [0.2, 0.25) is 10.0 Å². The second-order valence-corrected chi connectivity index (χ2v) is 9.33. The number of carbonyl (C=O) groups is 1. The molecule has 1 saturated heterocycles. The van der Waals surface area contributed by atoms with Gasteiger partial charge in [0.1, 0.15) is 16.6 Å². The fraction of sp³-hybridized carbons (Fsp3) is 0.368. The minimum Gasteiger partial charge on any atom is -0.495 e. The van der Waals surface area contributed by atoms with Crippen LogP contribution in [0.4, 0.5) is 5.69 Å². The SMILES string of the molecule is COc1ccc(S(=O)(=O)N2CCCCCC2)cc1NC(=O)c1nc(Cl)ccc1Cl. The monoisotopic (exact) mass is 457 g/mol. The smallest absolute Gasteiger partial charge is 0.275 e. The fourth-order valence-corrected chi connectivity index (χ4v) is 5.02. The van der Waals surface area contributed by atoms with Gasteiger partial charge in [-0.2, -0.15) is 4.31 Å². The standard InChI is InChI=1S/C19H21Cl2N3O4S/c1-28-16-8-6-13(29(26,27)24-10-4-2-3-5-11-24)12-15(16)22-19(25)18-14(20)7-9-17(21)23-18/h6-9,12H,2-5,10-11H2,1H3,(H,22,25). The molecule has 2 aromatic rings. The Morgan fingerprint density at radius 3 is 2.45 bits per heavy atom. The van der Waals surface area contributed by atoms with Gasteiger partial charge in [0.05, 0.1) is 22.7 Å². The Balaban J connectivity index is 1.92. The zero-order chi connectivity index (χ0) is 21.0.